The zero-order valence-electron chi connectivity index (χ0n) is 18.5. The van der Waals surface area contributed by atoms with Crippen LogP contribution >= 0.6 is 0 Å². The zero-order valence-corrected chi connectivity index (χ0v) is 18.5. The van der Waals surface area contributed by atoms with Crippen molar-refractivity contribution in [2.45, 2.75) is 110 Å². The van der Waals surface area contributed by atoms with Gasteiger partial charge in [0.2, 0.25) is 0 Å². The third kappa shape index (κ3) is 2.74. The molecule has 0 aromatic heterocycles. The lowest BCUT2D eigenvalue weighted by Gasteiger charge is -2.61. The number of fused-ring (bicyclic) bond motifs is 3. The van der Waals surface area contributed by atoms with Crippen LogP contribution in [0.3, 0.4) is 0 Å². The van der Waals surface area contributed by atoms with Gasteiger partial charge in [0.15, 0.2) is 0 Å². The minimum Gasteiger partial charge on any atom is -0.459 e. The summed E-state index contributed by atoms with van der Waals surface area (Å²) in [5.41, 5.74) is -0.611. The van der Waals surface area contributed by atoms with Crippen LogP contribution in [0.25, 0.3) is 0 Å². The first kappa shape index (κ1) is 19.8. The van der Waals surface area contributed by atoms with E-state index in [1.54, 1.807) is 0 Å². The highest BCUT2D eigenvalue weighted by Crippen LogP contribution is 2.67. The molecule has 0 spiro atoms. The Morgan fingerprint density at radius 2 is 1.48 bits per heavy atom. The van der Waals surface area contributed by atoms with Gasteiger partial charge in [-0.25, -0.2) is 0 Å². The van der Waals surface area contributed by atoms with Crippen molar-refractivity contribution in [1.29, 1.82) is 0 Å². The number of rotatable bonds is 1. The van der Waals surface area contributed by atoms with Crippen LogP contribution in [0.5, 0.6) is 0 Å². The third-order valence-corrected chi connectivity index (χ3v) is 9.07. The number of hydrogen-bond donors (Lipinski definition) is 0. The van der Waals surface area contributed by atoms with Gasteiger partial charge in [-0.15, -0.1) is 0 Å². The lowest BCUT2D eigenvalue weighted by atomic mass is 9.40. The van der Waals surface area contributed by atoms with Crippen molar-refractivity contribution in [1.82, 2.24) is 0 Å². The monoisotopic (exact) mass is 376 g/mol. The molecule has 0 amide bonds. The van der Waals surface area contributed by atoms with Gasteiger partial charge in [-0.3, -0.25) is 4.79 Å². The molecule has 2 aliphatic carbocycles. The maximum absolute atomic E-state index is 12.2. The molecule has 27 heavy (non-hydrogen) atoms. The molecule has 0 radical (unpaired) electrons. The van der Waals surface area contributed by atoms with E-state index in [2.05, 4.69) is 55.4 Å². The largest absolute Gasteiger partial charge is 0.461 e. The van der Waals surface area contributed by atoms with Crippen LogP contribution in [-0.2, 0) is 18.8 Å². The van der Waals surface area contributed by atoms with Crippen LogP contribution in [0.15, 0.2) is 0 Å². The normalized spacial score (nSPS) is 47.3. The van der Waals surface area contributed by atoms with Crippen LogP contribution in [0.2, 0.25) is 5.82 Å². The average Bonchev–Trinajstić information content (AvgIpc) is 2.90. The molecule has 2 heterocycles. The summed E-state index contributed by atoms with van der Waals surface area (Å²) >= 11 is 0. The number of carbonyl (C=O) groups excluding carboxylic acids is 1. The molecular weight excluding hydrogens is 339 g/mol. The smallest absolute Gasteiger partial charge is 0.459 e. The van der Waals surface area contributed by atoms with Crippen molar-refractivity contribution < 1.29 is 18.8 Å². The minimum absolute atomic E-state index is 0.0139. The highest BCUT2D eigenvalue weighted by Gasteiger charge is 2.66. The van der Waals surface area contributed by atoms with E-state index >= 15 is 0 Å². The maximum atomic E-state index is 12.2. The van der Waals surface area contributed by atoms with Gasteiger partial charge in [0.25, 0.3) is 0 Å². The number of esters is 1. The molecule has 4 fully saturated rings. The molecule has 0 aromatic rings. The zero-order chi connectivity index (χ0) is 20.0. The van der Waals surface area contributed by atoms with E-state index < -0.39 is 0 Å². The van der Waals surface area contributed by atoms with E-state index in [4.69, 9.17) is 14.0 Å². The van der Waals surface area contributed by atoms with Crippen molar-refractivity contribution in [2.75, 3.05) is 0 Å². The van der Waals surface area contributed by atoms with Gasteiger partial charge >= 0.3 is 13.1 Å². The summed E-state index contributed by atoms with van der Waals surface area (Å²) in [6, 6.07) is 0. The molecule has 5 atom stereocenters. The molecule has 152 valence electrons. The SMILES string of the molecule is CC1(C)CC(B2OC(C)(C)C(C)(C)O2)C[C@@]2(C)C1CC[C@@]1(C)OC(=O)C[C@@H]12. The van der Waals surface area contributed by atoms with E-state index in [-0.39, 0.29) is 40.7 Å². The van der Waals surface area contributed by atoms with Gasteiger partial charge in [-0.05, 0) is 82.9 Å². The summed E-state index contributed by atoms with van der Waals surface area (Å²) < 4.78 is 18.8. The Morgan fingerprint density at radius 3 is 2.07 bits per heavy atom. The fourth-order valence-corrected chi connectivity index (χ4v) is 7.21. The second-order valence-corrected chi connectivity index (χ2v) is 11.9. The Balaban J connectivity index is 1.67. The fraction of sp³-hybridized carbons (Fsp3) is 0.955. The summed E-state index contributed by atoms with van der Waals surface area (Å²) in [4.78, 5) is 12.2. The Hall–Kier alpha value is -0.545. The van der Waals surface area contributed by atoms with Crippen LogP contribution in [-0.4, -0.2) is 29.9 Å². The standard InChI is InChI=1S/C22H37BO4/c1-18(2)12-14(23-26-19(3,4)20(5,6)27-23)13-21(7)15(18)9-10-22(8)16(21)11-17(24)25-22/h14-16H,9-13H2,1-8H3/t14?,15?,16-,21+,22-/m1/s1. The second-order valence-electron chi connectivity index (χ2n) is 11.9. The van der Waals surface area contributed by atoms with Gasteiger partial charge in [-0.2, -0.15) is 0 Å². The maximum Gasteiger partial charge on any atom is 0.461 e. The molecule has 2 saturated heterocycles. The molecule has 2 aliphatic heterocycles. The highest BCUT2D eigenvalue weighted by atomic mass is 16.7. The number of hydrogen-bond acceptors (Lipinski definition) is 4. The molecule has 0 aromatic carbocycles. The van der Waals surface area contributed by atoms with Crippen LogP contribution in [0, 0.1) is 22.7 Å². The average molecular weight is 376 g/mol. The first-order valence-electron chi connectivity index (χ1n) is 10.8. The molecular formula is C22H37BO4. The summed E-state index contributed by atoms with van der Waals surface area (Å²) in [5, 5.41) is 0. The van der Waals surface area contributed by atoms with Gasteiger partial charge in [0, 0.05) is 5.92 Å². The van der Waals surface area contributed by atoms with E-state index in [1.165, 1.54) is 0 Å². The van der Waals surface area contributed by atoms with Crippen molar-refractivity contribution in [3.63, 3.8) is 0 Å². The minimum atomic E-state index is -0.299. The van der Waals surface area contributed by atoms with Gasteiger partial charge in [0.1, 0.15) is 5.60 Å². The van der Waals surface area contributed by atoms with E-state index in [9.17, 15) is 4.79 Å². The predicted molar refractivity (Wildman–Crippen MR) is 106 cm³/mol. The second kappa shape index (κ2) is 5.53. The summed E-state index contributed by atoms with van der Waals surface area (Å²) in [5.74, 6) is 1.23. The van der Waals surface area contributed by atoms with Gasteiger partial charge < -0.3 is 14.0 Å². The summed E-state index contributed by atoms with van der Waals surface area (Å²) in [6.07, 6.45) is 4.86. The highest BCUT2D eigenvalue weighted by molar-refractivity contribution is 6.47. The quantitative estimate of drug-likeness (QED) is 0.477. The third-order valence-electron chi connectivity index (χ3n) is 9.07. The molecule has 4 nitrogen and oxygen atoms in total. The molecule has 2 saturated carbocycles. The number of carbonyl (C=O) groups is 1. The van der Waals surface area contributed by atoms with Crippen molar-refractivity contribution in [3.05, 3.63) is 0 Å². The van der Waals surface area contributed by atoms with Crippen LogP contribution < -0.4 is 0 Å². The molecule has 4 aliphatic rings. The lowest BCUT2D eigenvalue weighted by Crippen LogP contribution is -2.58. The Bertz CT molecular complexity index is 641. The van der Waals surface area contributed by atoms with Crippen molar-refractivity contribution >= 4 is 13.1 Å². The van der Waals surface area contributed by atoms with Gasteiger partial charge in [0.05, 0.1) is 17.6 Å². The Kier molecular flexibility index (Phi) is 4.05. The topological polar surface area (TPSA) is 44.8 Å². The lowest BCUT2D eigenvalue weighted by molar-refractivity contribution is -0.165. The Morgan fingerprint density at radius 1 is 0.889 bits per heavy atom. The molecule has 0 bridgehead atoms. The predicted octanol–water partition coefficient (Wildman–Crippen LogP) is 5.01. The fourth-order valence-electron chi connectivity index (χ4n) is 7.21. The molecule has 2 unspecified atom stereocenters. The van der Waals surface area contributed by atoms with Gasteiger partial charge in [-0.1, -0.05) is 20.8 Å². The van der Waals surface area contributed by atoms with Crippen LogP contribution in [0.4, 0.5) is 0 Å². The van der Waals surface area contributed by atoms with Crippen LogP contribution in [0.1, 0.15) is 87.5 Å². The summed E-state index contributed by atoms with van der Waals surface area (Å²) in [7, 11) is -0.168. The van der Waals surface area contributed by atoms with E-state index in [0.29, 0.717) is 24.1 Å². The van der Waals surface area contributed by atoms with Crippen molar-refractivity contribution in [3.8, 4) is 0 Å². The number of ether oxygens (including phenoxy) is 1. The van der Waals surface area contributed by atoms with Crippen molar-refractivity contribution in [2.24, 2.45) is 22.7 Å². The first-order valence-corrected chi connectivity index (χ1v) is 10.8. The first-order chi connectivity index (χ1) is 12.2. The molecule has 0 N–H and O–H groups in total. The summed E-state index contributed by atoms with van der Waals surface area (Å²) in [6.45, 7) is 17.9. The Labute approximate surface area is 165 Å². The molecule has 5 heteroatoms. The van der Waals surface area contributed by atoms with E-state index in [0.717, 1.165) is 25.7 Å². The molecule has 4 rings (SSSR count). The van der Waals surface area contributed by atoms with E-state index in [1.807, 2.05) is 0 Å².